The van der Waals surface area contributed by atoms with Crippen molar-refractivity contribution in [2.24, 2.45) is 0 Å². The fourth-order valence-corrected chi connectivity index (χ4v) is 2.17. The Labute approximate surface area is 101 Å². The summed E-state index contributed by atoms with van der Waals surface area (Å²) in [6.45, 7) is 2.30. The number of ketones is 1. The summed E-state index contributed by atoms with van der Waals surface area (Å²) in [6, 6.07) is 7.80. The Morgan fingerprint density at radius 1 is 1.31 bits per heavy atom. The molecule has 88 valence electrons. The van der Waals surface area contributed by atoms with Gasteiger partial charge in [0.15, 0.2) is 5.78 Å². The van der Waals surface area contributed by atoms with Crippen LogP contribution in [0.3, 0.4) is 0 Å². The molecule has 0 spiro atoms. The van der Waals surface area contributed by atoms with E-state index >= 15 is 0 Å². The monoisotopic (exact) mass is 238 g/mol. The molecule has 0 heterocycles. The van der Waals surface area contributed by atoms with Crippen LogP contribution in [0, 0.1) is 0 Å². The van der Waals surface area contributed by atoms with Gasteiger partial charge in [-0.2, -0.15) is 11.8 Å². The Kier molecular flexibility index (Phi) is 6.19. The Balaban J connectivity index is 2.40. The third-order valence-corrected chi connectivity index (χ3v) is 3.41. The number of carbonyl (C=O) groups excluding carboxylic acids is 1. The molecule has 0 aliphatic rings. The lowest BCUT2D eigenvalue weighted by molar-refractivity contribution is 0.102. The van der Waals surface area contributed by atoms with Crippen molar-refractivity contribution in [2.45, 2.75) is 19.8 Å². The van der Waals surface area contributed by atoms with Crippen molar-refractivity contribution >= 4 is 17.5 Å². The van der Waals surface area contributed by atoms with Crippen LogP contribution >= 0.6 is 11.8 Å². The Hall–Kier alpha value is -0.800. The number of Topliss-reactive ketones (excluding diaryl/α,β-unsaturated/α-hetero) is 1. The van der Waals surface area contributed by atoms with Gasteiger partial charge in [-0.3, -0.25) is 4.79 Å². The van der Waals surface area contributed by atoms with Gasteiger partial charge >= 0.3 is 0 Å². The van der Waals surface area contributed by atoms with E-state index < -0.39 is 0 Å². The maximum Gasteiger partial charge on any atom is 0.172 e. The lowest BCUT2D eigenvalue weighted by Gasteiger charge is -2.02. The number of thioether (sulfide) groups is 1. The number of aryl methyl sites for hydroxylation is 1. The minimum absolute atomic E-state index is 0.172. The normalized spacial score (nSPS) is 10.4. The number of aliphatic hydroxyl groups excluding tert-OH is 1. The first-order valence-electron chi connectivity index (χ1n) is 5.58. The molecule has 0 aromatic heterocycles. The average Bonchev–Trinajstić information content (AvgIpc) is 2.34. The van der Waals surface area contributed by atoms with Crippen LogP contribution in [0.1, 0.15) is 29.3 Å². The highest BCUT2D eigenvalue weighted by Crippen LogP contribution is 2.10. The molecule has 0 amide bonds. The summed E-state index contributed by atoms with van der Waals surface area (Å²) in [6.07, 6.45) is 1.76. The van der Waals surface area contributed by atoms with Gasteiger partial charge in [-0.25, -0.2) is 0 Å². The van der Waals surface area contributed by atoms with Gasteiger partial charge in [-0.05, 0) is 24.2 Å². The number of benzene rings is 1. The molecule has 0 atom stereocenters. The number of hydrogen-bond acceptors (Lipinski definition) is 3. The van der Waals surface area contributed by atoms with Crippen molar-refractivity contribution in [3.05, 3.63) is 35.4 Å². The van der Waals surface area contributed by atoms with Gasteiger partial charge in [0, 0.05) is 12.2 Å². The predicted octanol–water partition coefficient (Wildman–Crippen LogP) is 2.55. The Morgan fingerprint density at radius 2 is 2.00 bits per heavy atom. The van der Waals surface area contributed by atoms with Crippen LogP contribution < -0.4 is 0 Å². The SMILES string of the molecule is CCc1ccc(C(=O)CSCCCO)cc1. The standard InChI is InChI=1S/C13H18O2S/c1-2-11-4-6-12(7-5-11)13(15)10-16-9-3-8-14/h4-7,14H,2-3,8-10H2,1H3. The smallest absolute Gasteiger partial charge is 0.172 e. The molecule has 0 bridgehead atoms. The Morgan fingerprint density at radius 3 is 2.56 bits per heavy atom. The summed E-state index contributed by atoms with van der Waals surface area (Å²) in [5, 5.41) is 8.61. The average molecular weight is 238 g/mol. The quantitative estimate of drug-likeness (QED) is 0.586. The van der Waals surface area contributed by atoms with Crippen LogP contribution in [-0.2, 0) is 6.42 Å². The first-order valence-corrected chi connectivity index (χ1v) is 6.74. The number of aliphatic hydroxyl groups is 1. The topological polar surface area (TPSA) is 37.3 Å². The van der Waals surface area contributed by atoms with Crippen molar-refractivity contribution in [1.29, 1.82) is 0 Å². The molecule has 2 nitrogen and oxygen atoms in total. The van der Waals surface area contributed by atoms with E-state index in [9.17, 15) is 4.79 Å². The van der Waals surface area contributed by atoms with Gasteiger partial charge < -0.3 is 5.11 Å². The van der Waals surface area contributed by atoms with Crippen molar-refractivity contribution in [2.75, 3.05) is 18.1 Å². The van der Waals surface area contributed by atoms with Crippen LogP contribution in [0.4, 0.5) is 0 Å². The third-order valence-electron chi connectivity index (χ3n) is 2.36. The van der Waals surface area contributed by atoms with Crippen molar-refractivity contribution in [3.8, 4) is 0 Å². The molecule has 1 aromatic rings. The molecule has 3 heteroatoms. The molecule has 1 rings (SSSR count). The van der Waals surface area contributed by atoms with E-state index in [2.05, 4.69) is 6.92 Å². The second-order valence-corrected chi connectivity index (χ2v) is 4.71. The largest absolute Gasteiger partial charge is 0.396 e. The van der Waals surface area contributed by atoms with Crippen LogP contribution in [0.25, 0.3) is 0 Å². The number of hydrogen-bond donors (Lipinski definition) is 1. The van der Waals surface area contributed by atoms with E-state index in [-0.39, 0.29) is 12.4 Å². The number of carbonyl (C=O) groups is 1. The van der Waals surface area contributed by atoms with E-state index in [0.717, 1.165) is 24.2 Å². The molecule has 0 saturated heterocycles. The predicted molar refractivity (Wildman–Crippen MR) is 69.2 cm³/mol. The molecule has 1 N–H and O–H groups in total. The van der Waals surface area contributed by atoms with E-state index in [0.29, 0.717) is 5.75 Å². The second-order valence-electron chi connectivity index (χ2n) is 3.60. The molecule has 0 saturated carbocycles. The Bertz CT molecular complexity index is 319. The maximum atomic E-state index is 11.7. The van der Waals surface area contributed by atoms with Gasteiger partial charge in [0.2, 0.25) is 0 Å². The zero-order valence-electron chi connectivity index (χ0n) is 9.61. The van der Waals surface area contributed by atoms with E-state index in [1.54, 1.807) is 11.8 Å². The van der Waals surface area contributed by atoms with Gasteiger partial charge in [0.25, 0.3) is 0 Å². The fourth-order valence-electron chi connectivity index (χ4n) is 1.34. The molecule has 0 aliphatic carbocycles. The molecular formula is C13H18O2S. The lowest BCUT2D eigenvalue weighted by atomic mass is 10.1. The molecule has 0 radical (unpaired) electrons. The van der Waals surface area contributed by atoms with E-state index in [4.69, 9.17) is 5.11 Å². The van der Waals surface area contributed by atoms with Gasteiger partial charge in [-0.15, -0.1) is 0 Å². The van der Waals surface area contributed by atoms with Crippen molar-refractivity contribution in [1.82, 2.24) is 0 Å². The summed E-state index contributed by atoms with van der Waals surface area (Å²) < 4.78 is 0. The van der Waals surface area contributed by atoms with Gasteiger partial charge in [-0.1, -0.05) is 31.2 Å². The zero-order chi connectivity index (χ0) is 11.8. The van der Waals surface area contributed by atoms with Gasteiger partial charge in [0.1, 0.15) is 0 Å². The highest BCUT2D eigenvalue weighted by Gasteiger charge is 2.05. The van der Waals surface area contributed by atoms with Crippen molar-refractivity contribution in [3.63, 3.8) is 0 Å². The molecule has 0 aliphatic heterocycles. The highest BCUT2D eigenvalue weighted by atomic mass is 32.2. The summed E-state index contributed by atoms with van der Waals surface area (Å²) in [5.74, 6) is 1.52. The summed E-state index contributed by atoms with van der Waals surface area (Å²) >= 11 is 1.58. The first kappa shape index (κ1) is 13.3. The maximum absolute atomic E-state index is 11.7. The van der Waals surface area contributed by atoms with Crippen LogP contribution in [-0.4, -0.2) is 29.0 Å². The minimum atomic E-state index is 0.172. The van der Waals surface area contributed by atoms with Crippen LogP contribution in [0.2, 0.25) is 0 Å². The highest BCUT2D eigenvalue weighted by molar-refractivity contribution is 7.99. The van der Waals surface area contributed by atoms with Crippen molar-refractivity contribution < 1.29 is 9.90 Å². The number of rotatable bonds is 7. The van der Waals surface area contributed by atoms with Gasteiger partial charge in [0.05, 0.1) is 5.75 Å². The molecule has 1 aromatic carbocycles. The minimum Gasteiger partial charge on any atom is -0.396 e. The van der Waals surface area contributed by atoms with E-state index in [1.807, 2.05) is 24.3 Å². The van der Waals surface area contributed by atoms with E-state index in [1.165, 1.54) is 5.56 Å². The molecular weight excluding hydrogens is 220 g/mol. The molecule has 0 unspecified atom stereocenters. The van der Waals surface area contributed by atoms with Crippen LogP contribution in [0.5, 0.6) is 0 Å². The fraction of sp³-hybridized carbons (Fsp3) is 0.462. The lowest BCUT2D eigenvalue weighted by Crippen LogP contribution is -2.03. The molecule has 0 fully saturated rings. The second kappa shape index (κ2) is 7.47. The molecule has 16 heavy (non-hydrogen) atoms. The third kappa shape index (κ3) is 4.37. The first-order chi connectivity index (χ1) is 7.77. The zero-order valence-corrected chi connectivity index (χ0v) is 10.4. The van der Waals surface area contributed by atoms with Crippen LogP contribution in [0.15, 0.2) is 24.3 Å². The summed E-state index contributed by atoms with van der Waals surface area (Å²) in [5.41, 5.74) is 2.04. The summed E-state index contributed by atoms with van der Waals surface area (Å²) in [4.78, 5) is 11.7. The summed E-state index contributed by atoms with van der Waals surface area (Å²) in [7, 11) is 0.